The first kappa shape index (κ1) is 20.2. The topological polar surface area (TPSA) is 224 Å². The van der Waals surface area contributed by atoms with Crippen molar-refractivity contribution in [3.05, 3.63) is 0 Å². The minimum Gasteiger partial charge on any atom is -0.390 e. The molecule has 0 aromatic heterocycles. The van der Waals surface area contributed by atoms with Crippen molar-refractivity contribution in [1.29, 1.82) is 0 Å². The molecule has 12 heteroatoms. The average molecular weight is 350 g/mol. The van der Waals surface area contributed by atoms with Crippen molar-refractivity contribution >= 4 is 17.9 Å². The Labute approximate surface area is 136 Å². The summed E-state index contributed by atoms with van der Waals surface area (Å²) in [6.45, 7) is 0.234. The van der Waals surface area contributed by atoms with Gasteiger partial charge >= 0.3 is 11.9 Å². The van der Waals surface area contributed by atoms with Gasteiger partial charge in [-0.05, 0) is 12.8 Å². The highest BCUT2D eigenvalue weighted by Crippen LogP contribution is 2.21. The molecule has 1 heterocycles. The lowest BCUT2D eigenvalue weighted by atomic mass is 9.99. The summed E-state index contributed by atoms with van der Waals surface area (Å²) >= 11 is 0. The van der Waals surface area contributed by atoms with Crippen molar-refractivity contribution in [2.24, 2.45) is 22.2 Å². The van der Waals surface area contributed by atoms with E-state index in [0.29, 0.717) is 6.42 Å². The number of carbonyl (C=O) groups excluding carboxylic acids is 2. The van der Waals surface area contributed by atoms with Crippen molar-refractivity contribution in [1.82, 2.24) is 0 Å². The van der Waals surface area contributed by atoms with E-state index in [1.165, 1.54) is 0 Å². The highest BCUT2D eigenvalue weighted by molar-refractivity contribution is 5.90. The molecule has 0 aliphatic carbocycles. The van der Waals surface area contributed by atoms with E-state index >= 15 is 0 Å². The lowest BCUT2D eigenvalue weighted by Gasteiger charge is -2.36. The van der Waals surface area contributed by atoms with Crippen LogP contribution in [0.15, 0.2) is 4.99 Å². The molecular weight excluding hydrogens is 328 g/mol. The van der Waals surface area contributed by atoms with Crippen LogP contribution in [-0.2, 0) is 19.1 Å². The molecule has 10 N–H and O–H groups in total. The second-order valence-corrected chi connectivity index (χ2v) is 5.21. The van der Waals surface area contributed by atoms with Gasteiger partial charge in [0.1, 0.15) is 24.4 Å². The molecule has 1 aliphatic heterocycles. The number of hydrogen-bond acceptors (Lipinski definition) is 10. The minimum absolute atomic E-state index is 0.107. The molecule has 0 amide bonds. The number of rotatable bonds is 6. The van der Waals surface area contributed by atoms with Crippen LogP contribution in [0.2, 0.25) is 0 Å². The number of aliphatic hydroxyl groups is 4. The Morgan fingerprint density at radius 2 is 1.75 bits per heavy atom. The second kappa shape index (κ2) is 8.86. The van der Waals surface area contributed by atoms with E-state index in [0.717, 1.165) is 0 Å². The van der Waals surface area contributed by atoms with Gasteiger partial charge in [0.25, 0.3) is 0 Å². The molecule has 0 aromatic carbocycles. The lowest BCUT2D eigenvalue weighted by Crippen LogP contribution is -2.60. The number of ether oxygens (including phenoxy) is 2. The van der Waals surface area contributed by atoms with Crippen molar-refractivity contribution in [2.45, 2.75) is 49.6 Å². The number of nitrogens with two attached hydrogens (primary N) is 3. The summed E-state index contributed by atoms with van der Waals surface area (Å²) < 4.78 is 9.09. The van der Waals surface area contributed by atoms with Gasteiger partial charge in [-0.2, -0.15) is 0 Å². The van der Waals surface area contributed by atoms with Crippen LogP contribution < -0.4 is 17.2 Å². The van der Waals surface area contributed by atoms with Crippen LogP contribution in [0.4, 0.5) is 0 Å². The maximum absolute atomic E-state index is 11.8. The standard InChI is InChI=1S/C12H22N4O8/c13-4(2-1-3-16-12(14)15)9(20)24-11(22)8-6(18)5(17)7(19)10(21)23-8/h4-8,10,17-19,21H,1-3,13H2,(H4,14,15,16)/t4-,5-,6-,7+,8-,10+/m0/s1. The number of nitrogens with zero attached hydrogens (tertiary/aromatic N) is 1. The van der Waals surface area contributed by atoms with E-state index in [1.54, 1.807) is 0 Å². The molecule has 0 unspecified atom stereocenters. The number of aliphatic hydroxyl groups excluding tert-OH is 4. The molecule has 6 atom stereocenters. The van der Waals surface area contributed by atoms with Gasteiger partial charge in [-0.25, -0.2) is 9.59 Å². The predicted octanol–water partition coefficient (Wildman–Crippen LogP) is -4.76. The van der Waals surface area contributed by atoms with Gasteiger partial charge in [-0.1, -0.05) is 0 Å². The number of guanidine groups is 1. The molecule has 0 spiro atoms. The summed E-state index contributed by atoms with van der Waals surface area (Å²) in [4.78, 5) is 27.2. The molecule has 1 saturated heterocycles. The molecule has 0 bridgehead atoms. The number of esters is 2. The zero-order valence-corrected chi connectivity index (χ0v) is 12.7. The average Bonchev–Trinajstić information content (AvgIpc) is 2.52. The molecule has 138 valence electrons. The molecule has 1 aliphatic rings. The van der Waals surface area contributed by atoms with E-state index in [-0.39, 0.29) is 18.9 Å². The summed E-state index contributed by atoms with van der Waals surface area (Å²) in [5.41, 5.74) is 15.8. The second-order valence-electron chi connectivity index (χ2n) is 5.21. The van der Waals surface area contributed by atoms with Gasteiger partial charge in [-0.3, -0.25) is 4.99 Å². The SMILES string of the molecule is NC(N)=NCCC[C@H](N)C(=O)OC(=O)[C@H]1O[C@@H](O)[C@H](O)[C@@H](O)[C@@H]1O. The quantitative estimate of drug-likeness (QED) is 0.0791. The Hall–Kier alpha value is -1.83. The third kappa shape index (κ3) is 5.36. The Morgan fingerprint density at radius 3 is 2.33 bits per heavy atom. The van der Waals surface area contributed by atoms with Gasteiger partial charge in [0.2, 0.25) is 0 Å². The Bertz CT molecular complexity index is 484. The minimum atomic E-state index is -1.93. The molecule has 0 aromatic rings. The number of carbonyl (C=O) groups is 2. The number of hydrogen-bond donors (Lipinski definition) is 7. The largest absolute Gasteiger partial charge is 0.390 e. The summed E-state index contributed by atoms with van der Waals surface area (Å²) in [5, 5.41) is 37.7. The normalized spacial score (nSPS) is 31.1. The Morgan fingerprint density at radius 1 is 1.12 bits per heavy atom. The molecule has 0 saturated carbocycles. The van der Waals surface area contributed by atoms with Crippen LogP contribution >= 0.6 is 0 Å². The van der Waals surface area contributed by atoms with Gasteiger partial charge in [-0.15, -0.1) is 0 Å². The number of aliphatic imine (C=N–C) groups is 1. The highest BCUT2D eigenvalue weighted by atomic mass is 16.7. The zero-order chi connectivity index (χ0) is 18.4. The predicted molar refractivity (Wildman–Crippen MR) is 77.9 cm³/mol. The van der Waals surface area contributed by atoms with E-state index < -0.39 is 48.7 Å². The summed E-state index contributed by atoms with van der Waals surface area (Å²) in [5.74, 6) is -2.54. The zero-order valence-electron chi connectivity index (χ0n) is 12.7. The first-order valence-corrected chi connectivity index (χ1v) is 7.09. The molecular formula is C12H22N4O8. The summed E-state index contributed by atoms with van der Waals surface area (Å²) in [7, 11) is 0. The van der Waals surface area contributed by atoms with Crippen molar-refractivity contribution in [3.63, 3.8) is 0 Å². The third-order valence-corrected chi connectivity index (χ3v) is 3.29. The Kier molecular flexibility index (Phi) is 7.47. The first-order valence-electron chi connectivity index (χ1n) is 7.09. The van der Waals surface area contributed by atoms with Gasteiger partial charge in [0, 0.05) is 6.54 Å². The molecule has 0 radical (unpaired) electrons. The summed E-state index contributed by atoms with van der Waals surface area (Å²) in [6, 6.07) is -1.15. The van der Waals surface area contributed by atoms with Crippen molar-refractivity contribution < 1.29 is 39.5 Å². The van der Waals surface area contributed by atoms with Gasteiger partial charge in [0.05, 0.1) is 0 Å². The lowest BCUT2D eigenvalue weighted by molar-refractivity contribution is -0.280. The van der Waals surface area contributed by atoms with Gasteiger partial charge < -0.3 is 47.1 Å². The van der Waals surface area contributed by atoms with Crippen LogP contribution in [-0.4, -0.2) is 81.6 Å². The fourth-order valence-electron chi connectivity index (χ4n) is 1.93. The maximum Gasteiger partial charge on any atom is 0.345 e. The molecule has 24 heavy (non-hydrogen) atoms. The van der Waals surface area contributed by atoms with Crippen LogP contribution in [0.1, 0.15) is 12.8 Å². The first-order chi connectivity index (χ1) is 11.1. The van der Waals surface area contributed by atoms with Crippen molar-refractivity contribution in [2.75, 3.05) is 6.54 Å². The van der Waals surface area contributed by atoms with Crippen LogP contribution in [0.25, 0.3) is 0 Å². The van der Waals surface area contributed by atoms with Gasteiger partial charge in [0.15, 0.2) is 18.4 Å². The monoisotopic (exact) mass is 350 g/mol. The van der Waals surface area contributed by atoms with Crippen LogP contribution in [0.3, 0.4) is 0 Å². The highest BCUT2D eigenvalue weighted by Gasteiger charge is 2.47. The fourth-order valence-corrected chi connectivity index (χ4v) is 1.93. The third-order valence-electron chi connectivity index (χ3n) is 3.29. The van der Waals surface area contributed by atoms with E-state index in [4.69, 9.17) is 17.2 Å². The van der Waals surface area contributed by atoms with E-state index in [2.05, 4.69) is 14.5 Å². The molecule has 1 rings (SSSR count). The summed E-state index contributed by atoms with van der Waals surface area (Å²) in [6.07, 6.45) is -8.84. The van der Waals surface area contributed by atoms with E-state index in [9.17, 15) is 30.0 Å². The molecule has 12 nitrogen and oxygen atoms in total. The van der Waals surface area contributed by atoms with Crippen LogP contribution in [0.5, 0.6) is 0 Å². The van der Waals surface area contributed by atoms with Crippen molar-refractivity contribution in [3.8, 4) is 0 Å². The van der Waals surface area contributed by atoms with E-state index in [1.807, 2.05) is 0 Å². The fraction of sp³-hybridized carbons (Fsp3) is 0.750. The van der Waals surface area contributed by atoms with Crippen LogP contribution in [0, 0.1) is 0 Å². The Balaban J connectivity index is 2.51. The smallest absolute Gasteiger partial charge is 0.345 e. The molecule has 1 fully saturated rings. The maximum atomic E-state index is 11.8.